The first kappa shape index (κ1) is 14.9. The van der Waals surface area contributed by atoms with Gasteiger partial charge in [0.25, 0.3) is 0 Å². The highest BCUT2D eigenvalue weighted by Crippen LogP contribution is 2.11. The summed E-state index contributed by atoms with van der Waals surface area (Å²) in [7, 11) is 0. The Morgan fingerprint density at radius 2 is 1.74 bits per heavy atom. The van der Waals surface area contributed by atoms with Gasteiger partial charge in [-0.2, -0.15) is 0 Å². The molecule has 0 radical (unpaired) electrons. The molecule has 0 heterocycles. The van der Waals surface area contributed by atoms with Crippen molar-refractivity contribution < 1.29 is 18.3 Å². The predicted molar refractivity (Wildman–Crippen MR) is 65.7 cm³/mol. The molecule has 0 aliphatic heterocycles. The number of amidine groups is 1. The predicted octanol–water partition coefficient (Wildman–Crippen LogP) is 2.32. The number of carbonyl (C=O) groups is 1. The number of hydrogen-bond donors (Lipinski definition) is 3. The summed E-state index contributed by atoms with van der Waals surface area (Å²) in [5, 5.41) is 7.47. The molecule has 0 fully saturated rings. The normalized spacial score (nSPS) is 10.8. The van der Waals surface area contributed by atoms with Crippen LogP contribution in [0.15, 0.2) is 18.2 Å². The van der Waals surface area contributed by atoms with E-state index in [4.69, 9.17) is 10.1 Å². The van der Waals surface area contributed by atoms with Gasteiger partial charge in [-0.25, -0.2) is 19.0 Å². The Hall–Kier alpha value is -2.18. The quantitative estimate of drug-likeness (QED) is 0.417. The van der Waals surface area contributed by atoms with Crippen LogP contribution in [0.25, 0.3) is 0 Å². The van der Waals surface area contributed by atoms with Gasteiger partial charge in [0, 0.05) is 0 Å². The molecule has 0 unspecified atom stereocenters. The van der Waals surface area contributed by atoms with Crippen molar-refractivity contribution in [1.29, 1.82) is 5.41 Å². The fourth-order valence-electron chi connectivity index (χ4n) is 1.22. The van der Waals surface area contributed by atoms with Gasteiger partial charge < -0.3 is 4.74 Å². The van der Waals surface area contributed by atoms with E-state index in [1.165, 1.54) is 6.07 Å². The highest BCUT2D eigenvalue weighted by atomic mass is 19.1. The van der Waals surface area contributed by atoms with Gasteiger partial charge >= 0.3 is 6.09 Å². The van der Waals surface area contributed by atoms with Crippen LogP contribution in [0.3, 0.4) is 0 Å². The summed E-state index contributed by atoms with van der Waals surface area (Å²) in [6.07, 6.45) is -0.853. The molecule has 7 heteroatoms. The lowest BCUT2D eigenvalue weighted by Gasteiger charge is -2.20. The van der Waals surface area contributed by atoms with Crippen LogP contribution in [0.2, 0.25) is 0 Å². The van der Waals surface area contributed by atoms with Crippen molar-refractivity contribution in [2.24, 2.45) is 0 Å². The monoisotopic (exact) mass is 271 g/mol. The van der Waals surface area contributed by atoms with Gasteiger partial charge in [-0.1, -0.05) is 6.07 Å². The molecule has 0 saturated heterocycles. The van der Waals surface area contributed by atoms with Crippen molar-refractivity contribution in [2.75, 3.05) is 0 Å². The molecule has 104 valence electrons. The maximum Gasteiger partial charge on any atom is 0.426 e. The van der Waals surface area contributed by atoms with Crippen LogP contribution in [0, 0.1) is 17.0 Å². The van der Waals surface area contributed by atoms with Crippen molar-refractivity contribution in [3.8, 4) is 0 Å². The van der Waals surface area contributed by atoms with E-state index in [0.717, 1.165) is 12.1 Å². The first-order valence-electron chi connectivity index (χ1n) is 5.48. The largest absolute Gasteiger partial charge is 0.443 e. The number of hydrogen-bond acceptors (Lipinski definition) is 3. The molecular weight excluding hydrogens is 256 g/mol. The first-order chi connectivity index (χ1) is 8.70. The van der Waals surface area contributed by atoms with Gasteiger partial charge in [0.1, 0.15) is 23.1 Å². The van der Waals surface area contributed by atoms with Crippen LogP contribution in [-0.2, 0) is 4.74 Å². The van der Waals surface area contributed by atoms with E-state index < -0.39 is 34.7 Å². The fraction of sp³-hybridized carbons (Fsp3) is 0.333. The Bertz CT molecular complexity index is 478. The maximum atomic E-state index is 13.3. The summed E-state index contributed by atoms with van der Waals surface area (Å²) in [5.74, 6) is -2.41. The van der Waals surface area contributed by atoms with Gasteiger partial charge in [0.15, 0.2) is 0 Å². The number of benzene rings is 1. The SMILES string of the molecule is CC(C)(C)OC(=O)NNC(=N)c1c(F)cccc1F. The van der Waals surface area contributed by atoms with Crippen LogP contribution in [0.1, 0.15) is 26.3 Å². The minimum atomic E-state index is -0.900. The molecule has 0 aromatic heterocycles. The van der Waals surface area contributed by atoms with Crippen molar-refractivity contribution in [1.82, 2.24) is 10.9 Å². The summed E-state index contributed by atoms with van der Waals surface area (Å²) < 4.78 is 31.6. The van der Waals surface area contributed by atoms with Gasteiger partial charge in [0.2, 0.25) is 0 Å². The van der Waals surface area contributed by atoms with E-state index >= 15 is 0 Å². The Balaban J connectivity index is 2.64. The van der Waals surface area contributed by atoms with E-state index in [0.29, 0.717) is 0 Å². The van der Waals surface area contributed by atoms with E-state index in [9.17, 15) is 13.6 Å². The lowest BCUT2D eigenvalue weighted by molar-refractivity contribution is 0.0513. The van der Waals surface area contributed by atoms with Crippen LogP contribution >= 0.6 is 0 Å². The Labute approximate surface area is 109 Å². The second kappa shape index (κ2) is 5.64. The average Bonchev–Trinajstić information content (AvgIpc) is 2.23. The van der Waals surface area contributed by atoms with E-state index in [1.807, 2.05) is 5.43 Å². The third-order valence-electron chi connectivity index (χ3n) is 1.90. The van der Waals surface area contributed by atoms with Gasteiger partial charge in [-0.3, -0.25) is 10.8 Å². The number of nitrogens with one attached hydrogen (secondary N) is 3. The number of rotatable bonds is 1. The van der Waals surface area contributed by atoms with Crippen LogP contribution < -0.4 is 10.9 Å². The third-order valence-corrected chi connectivity index (χ3v) is 1.90. The van der Waals surface area contributed by atoms with Crippen LogP contribution in [0.5, 0.6) is 0 Å². The lowest BCUT2D eigenvalue weighted by Crippen LogP contribution is -2.44. The van der Waals surface area contributed by atoms with Crippen molar-refractivity contribution >= 4 is 11.9 Å². The number of ether oxygens (including phenoxy) is 1. The number of hydrazine groups is 1. The third kappa shape index (κ3) is 4.53. The minimum Gasteiger partial charge on any atom is -0.443 e. The highest BCUT2D eigenvalue weighted by molar-refractivity contribution is 5.97. The summed E-state index contributed by atoms with van der Waals surface area (Å²) in [4.78, 5) is 11.3. The number of amides is 1. The molecule has 1 aromatic rings. The standard InChI is InChI=1S/C12H15F2N3O2/c1-12(2,3)19-11(18)17-16-10(15)9-7(13)5-4-6-8(9)14/h4-6H,1-3H3,(H2,15,16)(H,17,18). The fourth-order valence-corrected chi connectivity index (χ4v) is 1.22. The van der Waals surface area contributed by atoms with Crippen LogP contribution in [0.4, 0.5) is 13.6 Å². The molecule has 0 aliphatic rings. The van der Waals surface area contributed by atoms with E-state index in [-0.39, 0.29) is 0 Å². The molecule has 0 saturated carbocycles. The summed E-state index contributed by atoms with van der Waals surface area (Å²) in [6, 6.07) is 3.22. The molecular formula is C12H15F2N3O2. The number of carbonyl (C=O) groups excluding carboxylic acids is 1. The molecule has 19 heavy (non-hydrogen) atoms. The molecule has 0 spiro atoms. The zero-order chi connectivity index (χ0) is 14.6. The second-order valence-corrected chi connectivity index (χ2v) is 4.72. The Morgan fingerprint density at radius 1 is 1.21 bits per heavy atom. The minimum absolute atomic E-state index is 0.557. The topological polar surface area (TPSA) is 74.2 Å². The van der Waals surface area contributed by atoms with Crippen molar-refractivity contribution in [2.45, 2.75) is 26.4 Å². The van der Waals surface area contributed by atoms with Crippen LogP contribution in [-0.4, -0.2) is 17.5 Å². The summed E-state index contributed by atoms with van der Waals surface area (Å²) in [6.45, 7) is 4.98. The molecule has 1 rings (SSSR count). The molecule has 3 N–H and O–H groups in total. The van der Waals surface area contributed by atoms with Gasteiger partial charge in [-0.05, 0) is 32.9 Å². The lowest BCUT2D eigenvalue weighted by atomic mass is 10.2. The van der Waals surface area contributed by atoms with E-state index in [1.54, 1.807) is 20.8 Å². The average molecular weight is 271 g/mol. The molecule has 1 amide bonds. The summed E-state index contributed by atoms with van der Waals surface area (Å²) in [5.41, 5.74) is 2.84. The van der Waals surface area contributed by atoms with E-state index in [2.05, 4.69) is 5.43 Å². The molecule has 5 nitrogen and oxygen atoms in total. The Morgan fingerprint density at radius 3 is 2.21 bits per heavy atom. The van der Waals surface area contributed by atoms with Gasteiger partial charge in [0.05, 0.1) is 5.56 Å². The molecule has 0 atom stereocenters. The zero-order valence-corrected chi connectivity index (χ0v) is 10.8. The zero-order valence-electron chi connectivity index (χ0n) is 10.8. The first-order valence-corrected chi connectivity index (χ1v) is 5.48. The molecule has 0 aliphatic carbocycles. The van der Waals surface area contributed by atoms with Gasteiger partial charge in [-0.15, -0.1) is 0 Å². The molecule has 0 bridgehead atoms. The number of halogens is 2. The van der Waals surface area contributed by atoms with Crippen molar-refractivity contribution in [3.05, 3.63) is 35.4 Å². The molecule has 1 aromatic carbocycles. The summed E-state index contributed by atoms with van der Waals surface area (Å²) >= 11 is 0. The maximum absolute atomic E-state index is 13.3. The smallest absolute Gasteiger partial charge is 0.426 e. The Kier molecular flexibility index (Phi) is 4.42. The van der Waals surface area contributed by atoms with Crippen molar-refractivity contribution in [3.63, 3.8) is 0 Å². The highest BCUT2D eigenvalue weighted by Gasteiger charge is 2.18. The second-order valence-electron chi connectivity index (χ2n) is 4.72.